The fraction of sp³-hybridized carbons (Fsp3) is 0.333. The largest absolute Gasteiger partial charge is 0.369 e. The van der Waals surface area contributed by atoms with Crippen LogP contribution in [-0.2, 0) is 0 Å². The Morgan fingerprint density at radius 1 is 1.20 bits per heavy atom. The molecule has 0 amide bonds. The molecule has 106 valence electrons. The zero-order valence-electron chi connectivity index (χ0n) is 11.7. The van der Waals surface area contributed by atoms with Crippen molar-refractivity contribution in [2.45, 2.75) is 26.7 Å². The van der Waals surface area contributed by atoms with E-state index in [1.54, 1.807) is 12.1 Å². The lowest BCUT2D eigenvalue weighted by molar-refractivity contribution is 0.628. The van der Waals surface area contributed by atoms with Gasteiger partial charge in [0, 0.05) is 12.1 Å². The maximum absolute atomic E-state index is 13.0. The first-order valence-corrected chi connectivity index (χ1v) is 7.39. The van der Waals surface area contributed by atoms with Gasteiger partial charge in [-0.25, -0.2) is 14.4 Å². The van der Waals surface area contributed by atoms with E-state index in [-0.39, 0.29) is 11.7 Å². The van der Waals surface area contributed by atoms with Gasteiger partial charge in [-0.15, -0.1) is 0 Å². The highest BCUT2D eigenvalue weighted by molar-refractivity contribution is 9.10. The molecule has 0 unspecified atom stereocenters. The number of aromatic nitrogens is 2. The first kappa shape index (κ1) is 14.9. The van der Waals surface area contributed by atoms with Gasteiger partial charge in [-0.2, -0.15) is 0 Å². The number of anilines is 1. The molecular weight excluding hydrogens is 321 g/mol. The Morgan fingerprint density at radius 3 is 2.40 bits per heavy atom. The summed E-state index contributed by atoms with van der Waals surface area (Å²) >= 11 is 3.55. The van der Waals surface area contributed by atoms with E-state index in [1.165, 1.54) is 12.1 Å². The van der Waals surface area contributed by atoms with Crippen LogP contribution >= 0.6 is 15.9 Å². The summed E-state index contributed by atoms with van der Waals surface area (Å²) in [5.41, 5.74) is 1.75. The van der Waals surface area contributed by atoms with Gasteiger partial charge < -0.3 is 5.32 Å². The number of rotatable bonds is 4. The first-order chi connectivity index (χ1) is 9.52. The van der Waals surface area contributed by atoms with Gasteiger partial charge in [0.25, 0.3) is 0 Å². The number of hydrogen-bond donors (Lipinski definition) is 1. The predicted octanol–water partition coefficient (Wildman–Crippen LogP) is 4.60. The normalized spacial score (nSPS) is 10.9. The molecule has 2 aromatic rings. The van der Waals surface area contributed by atoms with E-state index in [0.717, 1.165) is 28.1 Å². The van der Waals surface area contributed by atoms with Gasteiger partial charge in [-0.3, -0.25) is 0 Å². The zero-order valence-corrected chi connectivity index (χ0v) is 13.3. The monoisotopic (exact) mass is 337 g/mol. The fourth-order valence-electron chi connectivity index (χ4n) is 1.86. The van der Waals surface area contributed by atoms with E-state index in [1.807, 2.05) is 6.92 Å². The molecule has 2 rings (SSSR count). The second kappa shape index (κ2) is 6.31. The highest BCUT2D eigenvalue weighted by Crippen LogP contribution is 2.31. The van der Waals surface area contributed by atoms with Crippen molar-refractivity contribution in [1.82, 2.24) is 9.97 Å². The minimum absolute atomic E-state index is 0.262. The highest BCUT2D eigenvalue weighted by atomic mass is 79.9. The quantitative estimate of drug-likeness (QED) is 0.885. The minimum atomic E-state index is -0.262. The van der Waals surface area contributed by atoms with E-state index >= 15 is 0 Å². The Bertz CT molecular complexity index is 597. The van der Waals surface area contributed by atoms with Gasteiger partial charge in [-0.05, 0) is 53.0 Å². The minimum Gasteiger partial charge on any atom is -0.369 e. The van der Waals surface area contributed by atoms with Crippen molar-refractivity contribution >= 4 is 21.7 Å². The standard InChI is InChI=1S/C15H17BrFN3/c1-4-18-15-12(16)13(9(2)3)19-14(20-15)10-5-7-11(17)8-6-10/h5-9H,4H2,1-3H3,(H,18,19,20). The highest BCUT2D eigenvalue weighted by Gasteiger charge is 2.15. The number of hydrogen-bond acceptors (Lipinski definition) is 3. The second-order valence-corrected chi connectivity index (χ2v) is 5.58. The van der Waals surface area contributed by atoms with Crippen molar-refractivity contribution in [3.05, 3.63) is 40.2 Å². The molecule has 0 fully saturated rings. The van der Waals surface area contributed by atoms with Gasteiger partial charge in [0.1, 0.15) is 11.6 Å². The molecule has 0 radical (unpaired) electrons. The molecule has 0 spiro atoms. The van der Waals surface area contributed by atoms with Crippen LogP contribution in [0.2, 0.25) is 0 Å². The molecule has 0 saturated heterocycles. The van der Waals surface area contributed by atoms with Crippen LogP contribution in [0.1, 0.15) is 32.4 Å². The van der Waals surface area contributed by atoms with Crippen molar-refractivity contribution in [3.8, 4) is 11.4 Å². The molecule has 0 aliphatic rings. The molecular formula is C15H17BrFN3. The summed E-state index contributed by atoms with van der Waals surface area (Å²) in [4.78, 5) is 9.11. The lowest BCUT2D eigenvalue weighted by Gasteiger charge is -2.14. The van der Waals surface area contributed by atoms with Crippen LogP contribution in [0, 0.1) is 5.82 Å². The fourth-order valence-corrected chi connectivity index (χ4v) is 2.63. The summed E-state index contributed by atoms with van der Waals surface area (Å²) < 4.78 is 13.9. The summed E-state index contributed by atoms with van der Waals surface area (Å²) in [6, 6.07) is 6.22. The maximum atomic E-state index is 13.0. The average Bonchev–Trinajstić information content (AvgIpc) is 2.42. The third kappa shape index (κ3) is 3.15. The molecule has 0 saturated carbocycles. The lowest BCUT2D eigenvalue weighted by atomic mass is 10.1. The smallest absolute Gasteiger partial charge is 0.161 e. The molecule has 1 aromatic carbocycles. The molecule has 0 atom stereocenters. The molecule has 0 aliphatic heterocycles. The molecule has 1 N–H and O–H groups in total. The number of benzene rings is 1. The SMILES string of the molecule is CCNc1nc(-c2ccc(F)cc2)nc(C(C)C)c1Br. The van der Waals surface area contributed by atoms with Gasteiger partial charge in [0.15, 0.2) is 5.82 Å². The van der Waals surface area contributed by atoms with E-state index in [9.17, 15) is 4.39 Å². The van der Waals surface area contributed by atoms with Crippen molar-refractivity contribution in [2.75, 3.05) is 11.9 Å². The van der Waals surface area contributed by atoms with Crippen LogP contribution in [0.3, 0.4) is 0 Å². The van der Waals surface area contributed by atoms with Crippen molar-refractivity contribution < 1.29 is 4.39 Å². The predicted molar refractivity (Wildman–Crippen MR) is 83.4 cm³/mol. The summed E-state index contributed by atoms with van der Waals surface area (Å²) in [7, 11) is 0. The van der Waals surface area contributed by atoms with Crippen LogP contribution in [-0.4, -0.2) is 16.5 Å². The Kier molecular flexibility index (Phi) is 4.70. The molecule has 1 aromatic heterocycles. The third-order valence-electron chi connectivity index (χ3n) is 2.87. The molecule has 0 aliphatic carbocycles. The van der Waals surface area contributed by atoms with Gasteiger partial charge >= 0.3 is 0 Å². The Hall–Kier alpha value is -1.49. The lowest BCUT2D eigenvalue weighted by Crippen LogP contribution is -2.07. The third-order valence-corrected chi connectivity index (χ3v) is 3.65. The summed E-state index contributed by atoms with van der Waals surface area (Å²) in [6.07, 6.45) is 0. The average molecular weight is 338 g/mol. The zero-order chi connectivity index (χ0) is 14.7. The van der Waals surface area contributed by atoms with Crippen LogP contribution in [0.5, 0.6) is 0 Å². The molecule has 0 bridgehead atoms. The Balaban J connectivity index is 2.55. The number of halogens is 2. The summed E-state index contributed by atoms with van der Waals surface area (Å²) in [5, 5.41) is 3.22. The molecule has 5 heteroatoms. The maximum Gasteiger partial charge on any atom is 0.161 e. The summed E-state index contributed by atoms with van der Waals surface area (Å²) in [5.74, 6) is 1.38. The topological polar surface area (TPSA) is 37.8 Å². The Morgan fingerprint density at radius 2 is 1.85 bits per heavy atom. The van der Waals surface area contributed by atoms with Gasteiger partial charge in [-0.1, -0.05) is 13.8 Å². The van der Waals surface area contributed by atoms with E-state index in [4.69, 9.17) is 0 Å². The van der Waals surface area contributed by atoms with E-state index in [2.05, 4.69) is 45.1 Å². The second-order valence-electron chi connectivity index (χ2n) is 4.79. The molecule has 20 heavy (non-hydrogen) atoms. The summed E-state index contributed by atoms with van der Waals surface area (Å²) in [6.45, 7) is 6.95. The van der Waals surface area contributed by atoms with Crippen molar-refractivity contribution in [2.24, 2.45) is 0 Å². The Labute approximate surface area is 126 Å². The molecule has 3 nitrogen and oxygen atoms in total. The van der Waals surface area contributed by atoms with Crippen LogP contribution in [0.25, 0.3) is 11.4 Å². The van der Waals surface area contributed by atoms with Crippen molar-refractivity contribution in [1.29, 1.82) is 0 Å². The van der Waals surface area contributed by atoms with Crippen molar-refractivity contribution in [3.63, 3.8) is 0 Å². The molecule has 1 heterocycles. The van der Waals surface area contributed by atoms with Gasteiger partial charge in [0.2, 0.25) is 0 Å². The number of nitrogens with zero attached hydrogens (tertiary/aromatic N) is 2. The van der Waals surface area contributed by atoms with Crippen LogP contribution in [0.15, 0.2) is 28.7 Å². The van der Waals surface area contributed by atoms with Gasteiger partial charge in [0.05, 0.1) is 10.2 Å². The van der Waals surface area contributed by atoms with Crippen LogP contribution in [0.4, 0.5) is 10.2 Å². The van der Waals surface area contributed by atoms with Crippen LogP contribution < -0.4 is 5.32 Å². The first-order valence-electron chi connectivity index (χ1n) is 6.60. The van der Waals surface area contributed by atoms with E-state index < -0.39 is 0 Å². The van der Waals surface area contributed by atoms with E-state index in [0.29, 0.717) is 5.82 Å². The number of nitrogens with one attached hydrogen (secondary N) is 1.